The van der Waals surface area contributed by atoms with E-state index in [0.717, 1.165) is 31.9 Å². The van der Waals surface area contributed by atoms with Crippen LogP contribution in [-0.4, -0.2) is 43.5 Å². The molecule has 0 atom stereocenters. The van der Waals surface area contributed by atoms with Crippen molar-refractivity contribution in [1.29, 1.82) is 0 Å². The predicted molar refractivity (Wildman–Crippen MR) is 94.9 cm³/mol. The topological polar surface area (TPSA) is 35.6 Å². The number of piperazine rings is 1. The van der Waals surface area contributed by atoms with Gasteiger partial charge in [0.1, 0.15) is 0 Å². The van der Waals surface area contributed by atoms with Crippen LogP contribution in [0.15, 0.2) is 54.6 Å². The van der Waals surface area contributed by atoms with Crippen LogP contribution in [0.1, 0.15) is 5.56 Å². The zero-order valence-electron chi connectivity index (χ0n) is 13.5. The molecule has 0 aromatic heterocycles. The number of carbonyl (C=O) groups excluding carboxylic acids is 1. The molecule has 0 saturated carbocycles. The van der Waals surface area contributed by atoms with Crippen molar-refractivity contribution in [1.82, 2.24) is 4.90 Å². The van der Waals surface area contributed by atoms with Gasteiger partial charge in [-0.2, -0.15) is 0 Å². The fourth-order valence-corrected chi connectivity index (χ4v) is 2.88. The lowest BCUT2D eigenvalue weighted by molar-refractivity contribution is -0.129. The van der Waals surface area contributed by atoms with Crippen LogP contribution in [0.2, 0.25) is 0 Å². The summed E-state index contributed by atoms with van der Waals surface area (Å²) in [5.41, 5.74) is 3.51. The number of hydrogen-bond acceptors (Lipinski definition) is 3. The second-order valence-electron chi connectivity index (χ2n) is 5.93. The van der Waals surface area contributed by atoms with Crippen molar-refractivity contribution in [3.63, 3.8) is 0 Å². The van der Waals surface area contributed by atoms with Crippen LogP contribution in [0, 0.1) is 6.92 Å². The molecule has 3 rings (SSSR count). The van der Waals surface area contributed by atoms with Gasteiger partial charge >= 0.3 is 0 Å². The standard InChI is InChI=1S/C19H23N3O/c1-16-6-5-9-18(14-16)21-10-12-22(13-11-21)19(23)15-20-17-7-3-2-4-8-17/h2-9,14,20H,10-13,15H2,1H3. The zero-order valence-corrected chi connectivity index (χ0v) is 13.5. The minimum atomic E-state index is 0.165. The van der Waals surface area contributed by atoms with Crippen molar-refractivity contribution in [2.75, 3.05) is 42.9 Å². The number of aryl methyl sites for hydroxylation is 1. The van der Waals surface area contributed by atoms with Gasteiger partial charge in [0, 0.05) is 37.6 Å². The predicted octanol–water partition coefficient (Wildman–Crippen LogP) is 2.76. The molecule has 2 aromatic rings. The van der Waals surface area contributed by atoms with Gasteiger partial charge in [-0.1, -0.05) is 30.3 Å². The number of anilines is 2. The van der Waals surface area contributed by atoms with Crippen molar-refractivity contribution >= 4 is 17.3 Å². The largest absolute Gasteiger partial charge is 0.376 e. The summed E-state index contributed by atoms with van der Waals surface area (Å²) in [6, 6.07) is 18.4. The van der Waals surface area contributed by atoms with E-state index < -0.39 is 0 Å². The molecule has 23 heavy (non-hydrogen) atoms. The monoisotopic (exact) mass is 309 g/mol. The van der Waals surface area contributed by atoms with Gasteiger partial charge in [-0.15, -0.1) is 0 Å². The Morgan fingerprint density at radius 1 is 1.00 bits per heavy atom. The normalized spacial score (nSPS) is 14.7. The highest BCUT2D eigenvalue weighted by atomic mass is 16.2. The zero-order chi connectivity index (χ0) is 16.1. The van der Waals surface area contributed by atoms with Gasteiger partial charge in [-0.05, 0) is 36.8 Å². The molecule has 2 aromatic carbocycles. The lowest BCUT2D eigenvalue weighted by atomic mass is 10.2. The number of carbonyl (C=O) groups is 1. The van der Waals surface area contributed by atoms with Crippen molar-refractivity contribution in [2.24, 2.45) is 0 Å². The van der Waals surface area contributed by atoms with Crippen LogP contribution in [0.3, 0.4) is 0 Å². The summed E-state index contributed by atoms with van der Waals surface area (Å²) in [7, 11) is 0. The van der Waals surface area contributed by atoms with E-state index >= 15 is 0 Å². The third-order valence-electron chi connectivity index (χ3n) is 4.22. The summed E-state index contributed by atoms with van der Waals surface area (Å²) in [5, 5.41) is 3.19. The molecular formula is C19H23N3O. The van der Waals surface area contributed by atoms with E-state index in [1.807, 2.05) is 35.2 Å². The maximum Gasteiger partial charge on any atom is 0.241 e. The number of rotatable bonds is 4. The second kappa shape index (κ2) is 7.18. The Hall–Kier alpha value is -2.49. The smallest absolute Gasteiger partial charge is 0.241 e. The second-order valence-corrected chi connectivity index (χ2v) is 5.93. The molecule has 1 saturated heterocycles. The van der Waals surface area contributed by atoms with Crippen LogP contribution >= 0.6 is 0 Å². The van der Waals surface area contributed by atoms with Crippen LogP contribution < -0.4 is 10.2 Å². The Morgan fingerprint density at radius 2 is 1.74 bits per heavy atom. The van der Waals surface area contributed by atoms with Crippen LogP contribution in [0.25, 0.3) is 0 Å². The van der Waals surface area contributed by atoms with E-state index in [4.69, 9.17) is 0 Å². The molecule has 1 aliphatic heterocycles. The molecule has 1 aliphatic rings. The summed E-state index contributed by atoms with van der Waals surface area (Å²) in [4.78, 5) is 16.6. The molecule has 0 spiro atoms. The molecule has 1 amide bonds. The molecule has 0 bridgehead atoms. The van der Waals surface area contributed by atoms with E-state index in [1.54, 1.807) is 0 Å². The highest BCUT2D eigenvalue weighted by Crippen LogP contribution is 2.17. The molecule has 0 aliphatic carbocycles. The number of amides is 1. The van der Waals surface area contributed by atoms with E-state index in [0.29, 0.717) is 6.54 Å². The van der Waals surface area contributed by atoms with Crippen LogP contribution in [0.4, 0.5) is 11.4 Å². The highest BCUT2D eigenvalue weighted by molar-refractivity contribution is 5.81. The number of nitrogens with zero attached hydrogens (tertiary/aromatic N) is 2. The Bertz CT molecular complexity index is 649. The van der Waals surface area contributed by atoms with Gasteiger partial charge in [-0.3, -0.25) is 4.79 Å². The lowest BCUT2D eigenvalue weighted by Crippen LogP contribution is -2.50. The molecule has 1 N–H and O–H groups in total. The number of nitrogens with one attached hydrogen (secondary N) is 1. The minimum absolute atomic E-state index is 0.165. The van der Waals surface area contributed by atoms with Crippen molar-refractivity contribution in [3.05, 3.63) is 60.2 Å². The third kappa shape index (κ3) is 4.03. The highest BCUT2D eigenvalue weighted by Gasteiger charge is 2.20. The fraction of sp³-hybridized carbons (Fsp3) is 0.316. The minimum Gasteiger partial charge on any atom is -0.376 e. The first-order valence-corrected chi connectivity index (χ1v) is 8.11. The third-order valence-corrected chi connectivity index (χ3v) is 4.22. The van der Waals surface area contributed by atoms with E-state index in [1.165, 1.54) is 11.3 Å². The van der Waals surface area contributed by atoms with Crippen molar-refractivity contribution in [2.45, 2.75) is 6.92 Å². The van der Waals surface area contributed by atoms with Gasteiger partial charge < -0.3 is 15.1 Å². The quantitative estimate of drug-likeness (QED) is 0.943. The average molecular weight is 309 g/mol. The first-order valence-electron chi connectivity index (χ1n) is 8.11. The first kappa shape index (κ1) is 15.4. The lowest BCUT2D eigenvalue weighted by Gasteiger charge is -2.36. The number of para-hydroxylation sites is 1. The summed E-state index contributed by atoms with van der Waals surface area (Å²) in [5.74, 6) is 0.165. The maximum atomic E-state index is 12.3. The SMILES string of the molecule is Cc1cccc(N2CCN(C(=O)CNc3ccccc3)CC2)c1. The van der Waals surface area contributed by atoms with Crippen LogP contribution in [-0.2, 0) is 4.79 Å². The number of benzene rings is 2. The van der Waals surface area contributed by atoms with Gasteiger partial charge in [0.25, 0.3) is 0 Å². The molecular weight excluding hydrogens is 286 g/mol. The molecule has 1 fully saturated rings. The van der Waals surface area contributed by atoms with E-state index in [-0.39, 0.29) is 5.91 Å². The molecule has 0 unspecified atom stereocenters. The molecule has 120 valence electrons. The fourth-order valence-electron chi connectivity index (χ4n) is 2.88. The Labute approximate surface area is 137 Å². The number of hydrogen-bond donors (Lipinski definition) is 1. The Balaban J connectivity index is 1.49. The van der Waals surface area contributed by atoms with E-state index in [2.05, 4.69) is 41.4 Å². The Morgan fingerprint density at radius 3 is 2.43 bits per heavy atom. The summed E-state index contributed by atoms with van der Waals surface area (Å²) >= 11 is 0. The molecule has 0 radical (unpaired) electrons. The van der Waals surface area contributed by atoms with Crippen molar-refractivity contribution < 1.29 is 4.79 Å². The summed E-state index contributed by atoms with van der Waals surface area (Å²) in [6.45, 7) is 5.81. The molecule has 4 heteroatoms. The van der Waals surface area contributed by atoms with Gasteiger partial charge in [-0.25, -0.2) is 0 Å². The van der Waals surface area contributed by atoms with Crippen LogP contribution in [0.5, 0.6) is 0 Å². The Kier molecular flexibility index (Phi) is 4.81. The first-order chi connectivity index (χ1) is 11.2. The van der Waals surface area contributed by atoms with Gasteiger partial charge in [0.15, 0.2) is 0 Å². The van der Waals surface area contributed by atoms with Gasteiger partial charge in [0.05, 0.1) is 6.54 Å². The molecule has 1 heterocycles. The maximum absolute atomic E-state index is 12.3. The molecule has 4 nitrogen and oxygen atoms in total. The van der Waals surface area contributed by atoms with Gasteiger partial charge in [0.2, 0.25) is 5.91 Å². The van der Waals surface area contributed by atoms with E-state index in [9.17, 15) is 4.79 Å². The summed E-state index contributed by atoms with van der Waals surface area (Å²) < 4.78 is 0. The summed E-state index contributed by atoms with van der Waals surface area (Å²) in [6.07, 6.45) is 0. The van der Waals surface area contributed by atoms with Crippen molar-refractivity contribution in [3.8, 4) is 0 Å². The average Bonchev–Trinajstić information content (AvgIpc) is 2.61.